The molecule has 0 saturated heterocycles. The van der Waals surface area contributed by atoms with Gasteiger partial charge < -0.3 is 5.32 Å². The predicted molar refractivity (Wildman–Crippen MR) is 60.2 cm³/mol. The SMILES string of the molecule is CC(=O)Nc1ccc(C)c(C(C)=O)c1C. The van der Waals surface area contributed by atoms with Crippen molar-refractivity contribution in [3.63, 3.8) is 0 Å². The first kappa shape index (κ1) is 11.4. The molecule has 0 bridgehead atoms. The van der Waals surface area contributed by atoms with Crippen molar-refractivity contribution in [2.24, 2.45) is 0 Å². The molecule has 1 rings (SSSR count). The molecule has 0 saturated carbocycles. The van der Waals surface area contributed by atoms with Gasteiger partial charge in [-0.1, -0.05) is 6.07 Å². The maximum Gasteiger partial charge on any atom is 0.221 e. The smallest absolute Gasteiger partial charge is 0.221 e. The molecule has 3 nitrogen and oxygen atoms in total. The quantitative estimate of drug-likeness (QED) is 0.754. The molecule has 1 aromatic rings. The molecule has 0 aliphatic heterocycles. The van der Waals surface area contributed by atoms with Crippen molar-refractivity contribution in [3.05, 3.63) is 28.8 Å². The first-order valence-corrected chi connectivity index (χ1v) is 4.82. The molecule has 0 atom stereocenters. The van der Waals surface area contributed by atoms with Crippen LogP contribution in [0.3, 0.4) is 0 Å². The Hall–Kier alpha value is -1.64. The highest BCUT2D eigenvalue weighted by atomic mass is 16.1. The summed E-state index contributed by atoms with van der Waals surface area (Å²) in [6.45, 7) is 6.72. The fraction of sp³-hybridized carbons (Fsp3) is 0.333. The summed E-state index contributed by atoms with van der Waals surface area (Å²) in [6.07, 6.45) is 0. The van der Waals surface area contributed by atoms with E-state index in [-0.39, 0.29) is 11.7 Å². The van der Waals surface area contributed by atoms with E-state index in [2.05, 4.69) is 5.32 Å². The summed E-state index contributed by atoms with van der Waals surface area (Å²) in [5, 5.41) is 2.70. The molecular formula is C12H15NO2. The second-order valence-corrected chi connectivity index (χ2v) is 3.67. The van der Waals surface area contributed by atoms with Crippen LogP contribution in [0.15, 0.2) is 12.1 Å². The molecule has 0 heterocycles. The lowest BCUT2D eigenvalue weighted by atomic mass is 9.98. The van der Waals surface area contributed by atoms with Crippen LogP contribution in [0, 0.1) is 13.8 Å². The minimum absolute atomic E-state index is 0.0252. The minimum Gasteiger partial charge on any atom is -0.326 e. The molecule has 80 valence electrons. The molecule has 1 amide bonds. The molecule has 0 aliphatic rings. The van der Waals surface area contributed by atoms with Crippen LogP contribution in [-0.4, -0.2) is 11.7 Å². The molecule has 15 heavy (non-hydrogen) atoms. The van der Waals surface area contributed by atoms with Crippen molar-refractivity contribution in [1.29, 1.82) is 0 Å². The fourth-order valence-electron chi connectivity index (χ4n) is 1.71. The third kappa shape index (κ3) is 2.43. The summed E-state index contributed by atoms with van der Waals surface area (Å²) in [4.78, 5) is 22.3. The van der Waals surface area contributed by atoms with Crippen LogP contribution in [0.5, 0.6) is 0 Å². The number of benzene rings is 1. The number of hydrogen-bond acceptors (Lipinski definition) is 2. The second-order valence-electron chi connectivity index (χ2n) is 3.67. The Morgan fingerprint density at radius 2 is 1.73 bits per heavy atom. The Kier molecular flexibility index (Phi) is 3.24. The normalized spacial score (nSPS) is 9.87. The van der Waals surface area contributed by atoms with Crippen LogP contribution in [0.2, 0.25) is 0 Å². The van der Waals surface area contributed by atoms with Gasteiger partial charge >= 0.3 is 0 Å². The van der Waals surface area contributed by atoms with Gasteiger partial charge in [0.2, 0.25) is 5.91 Å². The van der Waals surface area contributed by atoms with E-state index in [1.807, 2.05) is 26.0 Å². The van der Waals surface area contributed by atoms with E-state index in [9.17, 15) is 9.59 Å². The molecule has 0 fully saturated rings. The van der Waals surface area contributed by atoms with Crippen LogP contribution in [0.4, 0.5) is 5.69 Å². The number of aryl methyl sites for hydroxylation is 1. The molecule has 0 unspecified atom stereocenters. The van der Waals surface area contributed by atoms with Gasteiger partial charge in [0.25, 0.3) is 0 Å². The summed E-state index contributed by atoms with van der Waals surface area (Å²) in [5.41, 5.74) is 3.17. The van der Waals surface area contributed by atoms with E-state index in [1.54, 1.807) is 0 Å². The summed E-state index contributed by atoms with van der Waals surface area (Å²) < 4.78 is 0. The lowest BCUT2D eigenvalue weighted by Gasteiger charge is -2.12. The van der Waals surface area contributed by atoms with Gasteiger partial charge in [0.05, 0.1) is 0 Å². The van der Waals surface area contributed by atoms with Gasteiger partial charge in [-0.2, -0.15) is 0 Å². The lowest BCUT2D eigenvalue weighted by molar-refractivity contribution is -0.114. The Balaban J connectivity index is 3.28. The maximum absolute atomic E-state index is 11.4. The molecule has 0 spiro atoms. The molecule has 0 aliphatic carbocycles. The van der Waals surface area contributed by atoms with Crippen molar-refractivity contribution in [2.45, 2.75) is 27.7 Å². The van der Waals surface area contributed by atoms with Gasteiger partial charge in [-0.15, -0.1) is 0 Å². The summed E-state index contributed by atoms with van der Waals surface area (Å²) >= 11 is 0. The molecule has 1 N–H and O–H groups in total. The van der Waals surface area contributed by atoms with Gasteiger partial charge in [0.15, 0.2) is 5.78 Å². The van der Waals surface area contributed by atoms with Crippen molar-refractivity contribution < 1.29 is 9.59 Å². The van der Waals surface area contributed by atoms with Crippen molar-refractivity contribution in [3.8, 4) is 0 Å². The van der Waals surface area contributed by atoms with Gasteiger partial charge in [-0.25, -0.2) is 0 Å². The van der Waals surface area contributed by atoms with Crippen LogP contribution in [0.1, 0.15) is 35.3 Å². The highest BCUT2D eigenvalue weighted by molar-refractivity contribution is 6.00. The van der Waals surface area contributed by atoms with Crippen LogP contribution in [0.25, 0.3) is 0 Å². The monoisotopic (exact) mass is 205 g/mol. The van der Waals surface area contributed by atoms with Crippen LogP contribution < -0.4 is 5.32 Å². The fourth-order valence-corrected chi connectivity index (χ4v) is 1.71. The molecule has 3 heteroatoms. The Morgan fingerprint density at radius 1 is 1.13 bits per heavy atom. The number of hydrogen-bond donors (Lipinski definition) is 1. The van der Waals surface area contributed by atoms with Crippen LogP contribution >= 0.6 is 0 Å². The van der Waals surface area contributed by atoms with E-state index in [1.165, 1.54) is 13.8 Å². The lowest BCUT2D eigenvalue weighted by Crippen LogP contribution is -2.10. The summed E-state index contributed by atoms with van der Waals surface area (Å²) in [7, 11) is 0. The average Bonchev–Trinajstić information content (AvgIpc) is 2.09. The Labute approximate surface area is 89.5 Å². The predicted octanol–water partition coefficient (Wildman–Crippen LogP) is 2.46. The highest BCUT2D eigenvalue weighted by Crippen LogP contribution is 2.22. The largest absolute Gasteiger partial charge is 0.326 e. The van der Waals surface area contributed by atoms with Crippen molar-refractivity contribution in [2.75, 3.05) is 5.32 Å². The molecular weight excluding hydrogens is 190 g/mol. The van der Waals surface area contributed by atoms with Crippen molar-refractivity contribution in [1.82, 2.24) is 0 Å². The van der Waals surface area contributed by atoms with Gasteiger partial charge in [-0.05, 0) is 38.0 Å². The van der Waals surface area contributed by atoms with E-state index >= 15 is 0 Å². The van der Waals surface area contributed by atoms with E-state index in [0.717, 1.165) is 11.1 Å². The maximum atomic E-state index is 11.4. The number of Topliss-reactive ketones (excluding diaryl/α,β-unsaturated/α-hetero) is 1. The first-order chi connectivity index (χ1) is 6.93. The number of anilines is 1. The van der Waals surface area contributed by atoms with Gasteiger partial charge in [-0.3, -0.25) is 9.59 Å². The Bertz CT molecular complexity index is 422. The molecule has 0 aromatic heterocycles. The van der Waals surface area contributed by atoms with Gasteiger partial charge in [0.1, 0.15) is 0 Å². The standard InChI is InChI=1S/C12H15NO2/c1-7-5-6-11(13-10(4)15)8(2)12(7)9(3)14/h5-6H,1-4H3,(H,13,15). The zero-order valence-corrected chi connectivity index (χ0v) is 9.47. The highest BCUT2D eigenvalue weighted by Gasteiger charge is 2.11. The zero-order chi connectivity index (χ0) is 11.6. The summed E-state index contributed by atoms with van der Waals surface area (Å²) in [6, 6.07) is 3.66. The number of ketones is 1. The van der Waals surface area contributed by atoms with Gasteiger partial charge in [0, 0.05) is 18.2 Å². The first-order valence-electron chi connectivity index (χ1n) is 4.82. The topological polar surface area (TPSA) is 46.2 Å². The minimum atomic E-state index is -0.128. The van der Waals surface area contributed by atoms with E-state index in [0.29, 0.717) is 11.3 Å². The second kappa shape index (κ2) is 4.26. The number of carbonyl (C=O) groups is 2. The Morgan fingerprint density at radius 3 is 2.20 bits per heavy atom. The average molecular weight is 205 g/mol. The van der Waals surface area contributed by atoms with E-state index < -0.39 is 0 Å². The summed E-state index contributed by atoms with van der Waals surface area (Å²) in [5.74, 6) is -0.103. The molecule has 1 aromatic carbocycles. The third-order valence-corrected chi connectivity index (χ3v) is 2.34. The number of nitrogens with one attached hydrogen (secondary N) is 1. The number of carbonyl (C=O) groups excluding carboxylic acids is 2. The molecule has 0 radical (unpaired) electrons. The number of amides is 1. The zero-order valence-electron chi connectivity index (χ0n) is 9.47. The number of rotatable bonds is 2. The van der Waals surface area contributed by atoms with E-state index in [4.69, 9.17) is 0 Å². The van der Waals surface area contributed by atoms with Crippen LogP contribution in [-0.2, 0) is 4.79 Å². The third-order valence-electron chi connectivity index (χ3n) is 2.34. The van der Waals surface area contributed by atoms with Crippen molar-refractivity contribution >= 4 is 17.4 Å².